The number of hydrogen-bond donors (Lipinski definition) is 0. The number of rotatable bonds is 8. The van der Waals surface area contributed by atoms with Gasteiger partial charge in [0, 0.05) is 18.1 Å². The van der Waals surface area contributed by atoms with Crippen molar-refractivity contribution in [2.45, 2.75) is 39.7 Å². The van der Waals surface area contributed by atoms with E-state index in [1.165, 1.54) is 18.5 Å². The second kappa shape index (κ2) is 8.48. The average Bonchev–Trinajstić information content (AvgIpc) is 2.33. The predicted molar refractivity (Wildman–Crippen MR) is 74.5 cm³/mol. The minimum Gasteiger partial charge on any atom is -0.298 e. The van der Waals surface area contributed by atoms with E-state index in [-0.39, 0.29) is 0 Å². The molecule has 0 unspecified atom stereocenters. The van der Waals surface area contributed by atoms with Gasteiger partial charge in [-0.1, -0.05) is 19.4 Å². The highest BCUT2D eigenvalue weighted by Crippen LogP contribution is 2.06. The van der Waals surface area contributed by atoms with Crippen LogP contribution in [0.1, 0.15) is 37.6 Å². The Morgan fingerprint density at radius 2 is 2.06 bits per heavy atom. The zero-order valence-corrected chi connectivity index (χ0v) is 11.7. The summed E-state index contributed by atoms with van der Waals surface area (Å²) in [4.78, 5) is 6.98. The molecule has 0 atom stereocenters. The molecule has 1 rings (SSSR count). The summed E-state index contributed by atoms with van der Waals surface area (Å²) in [6, 6.07) is 6.23. The first-order chi connectivity index (χ1) is 8.26. The molecule has 1 aromatic heterocycles. The zero-order valence-electron chi connectivity index (χ0n) is 11.0. The zero-order chi connectivity index (χ0) is 12.5. The molecule has 0 amide bonds. The fourth-order valence-electron chi connectivity index (χ4n) is 1.87. The Bertz CT molecular complexity index is 315. The minimum atomic E-state index is 0.783. The molecule has 0 saturated carbocycles. The fraction of sp³-hybridized carbons (Fsp3) is 0.643. The van der Waals surface area contributed by atoms with Crippen LogP contribution in [0, 0.1) is 6.92 Å². The van der Waals surface area contributed by atoms with E-state index in [4.69, 9.17) is 11.6 Å². The summed E-state index contributed by atoms with van der Waals surface area (Å²) in [6.45, 7) is 7.43. The summed E-state index contributed by atoms with van der Waals surface area (Å²) in [7, 11) is 0. The van der Waals surface area contributed by atoms with Crippen LogP contribution in [0.4, 0.5) is 0 Å². The van der Waals surface area contributed by atoms with Crippen LogP contribution in [-0.4, -0.2) is 28.9 Å². The van der Waals surface area contributed by atoms with Crippen molar-refractivity contribution >= 4 is 11.6 Å². The standard InChI is InChI=1S/C14H23ClN2/c1-3-17(11-6-4-5-10-15)12-14-9-7-8-13(2)16-14/h7-9H,3-6,10-12H2,1-2H3. The highest BCUT2D eigenvalue weighted by atomic mass is 35.5. The smallest absolute Gasteiger partial charge is 0.0547 e. The second-order valence-corrected chi connectivity index (χ2v) is 4.77. The van der Waals surface area contributed by atoms with Gasteiger partial charge in [0.05, 0.1) is 5.69 Å². The summed E-state index contributed by atoms with van der Waals surface area (Å²) in [5, 5.41) is 0. The fourth-order valence-corrected chi connectivity index (χ4v) is 2.06. The van der Waals surface area contributed by atoms with Crippen molar-refractivity contribution in [2.75, 3.05) is 19.0 Å². The molecule has 1 heterocycles. The lowest BCUT2D eigenvalue weighted by Gasteiger charge is -2.19. The van der Waals surface area contributed by atoms with E-state index in [9.17, 15) is 0 Å². The second-order valence-electron chi connectivity index (χ2n) is 4.39. The number of nitrogens with zero attached hydrogens (tertiary/aromatic N) is 2. The van der Waals surface area contributed by atoms with Crippen LogP contribution in [0.5, 0.6) is 0 Å². The quantitative estimate of drug-likeness (QED) is 0.520. The van der Waals surface area contributed by atoms with Crippen molar-refractivity contribution in [3.63, 3.8) is 0 Å². The molecule has 2 nitrogen and oxygen atoms in total. The van der Waals surface area contributed by atoms with Crippen LogP contribution < -0.4 is 0 Å². The van der Waals surface area contributed by atoms with Gasteiger partial charge >= 0.3 is 0 Å². The molecule has 0 aromatic carbocycles. The minimum absolute atomic E-state index is 0.783. The molecule has 0 N–H and O–H groups in total. The van der Waals surface area contributed by atoms with Gasteiger partial charge < -0.3 is 0 Å². The van der Waals surface area contributed by atoms with Crippen LogP contribution in [0.25, 0.3) is 0 Å². The maximum Gasteiger partial charge on any atom is 0.0547 e. The summed E-state index contributed by atoms with van der Waals surface area (Å²) in [5.41, 5.74) is 2.27. The van der Waals surface area contributed by atoms with Crippen molar-refractivity contribution in [1.29, 1.82) is 0 Å². The molecular weight excluding hydrogens is 232 g/mol. The third-order valence-electron chi connectivity index (χ3n) is 2.89. The van der Waals surface area contributed by atoms with Gasteiger partial charge in [-0.3, -0.25) is 9.88 Å². The number of unbranched alkanes of at least 4 members (excludes halogenated alkanes) is 2. The Labute approximate surface area is 110 Å². The third-order valence-corrected chi connectivity index (χ3v) is 3.15. The number of hydrogen-bond acceptors (Lipinski definition) is 2. The monoisotopic (exact) mass is 254 g/mol. The lowest BCUT2D eigenvalue weighted by Crippen LogP contribution is -2.24. The molecule has 0 radical (unpaired) electrons. The Morgan fingerprint density at radius 3 is 2.71 bits per heavy atom. The van der Waals surface area contributed by atoms with Gasteiger partial charge in [-0.2, -0.15) is 0 Å². The first-order valence-electron chi connectivity index (χ1n) is 6.47. The van der Waals surface area contributed by atoms with Crippen molar-refractivity contribution < 1.29 is 0 Å². The van der Waals surface area contributed by atoms with Gasteiger partial charge in [0.25, 0.3) is 0 Å². The molecular formula is C14H23ClN2. The van der Waals surface area contributed by atoms with Gasteiger partial charge in [-0.25, -0.2) is 0 Å². The SMILES string of the molecule is CCN(CCCCCCl)Cc1cccc(C)n1. The van der Waals surface area contributed by atoms with Gasteiger partial charge in [-0.05, 0) is 45.0 Å². The molecule has 0 bridgehead atoms. The van der Waals surface area contributed by atoms with Crippen molar-refractivity contribution in [1.82, 2.24) is 9.88 Å². The number of aryl methyl sites for hydroxylation is 1. The number of halogens is 1. The van der Waals surface area contributed by atoms with E-state index in [1.807, 2.05) is 13.0 Å². The number of aromatic nitrogens is 1. The van der Waals surface area contributed by atoms with E-state index >= 15 is 0 Å². The van der Waals surface area contributed by atoms with Gasteiger partial charge in [0.1, 0.15) is 0 Å². The van der Waals surface area contributed by atoms with Crippen LogP contribution >= 0.6 is 11.6 Å². The van der Waals surface area contributed by atoms with Crippen LogP contribution in [0.2, 0.25) is 0 Å². The lowest BCUT2D eigenvalue weighted by molar-refractivity contribution is 0.270. The largest absolute Gasteiger partial charge is 0.298 e. The Kier molecular flexibility index (Phi) is 7.22. The van der Waals surface area contributed by atoms with E-state index in [0.29, 0.717) is 0 Å². The molecule has 0 aliphatic heterocycles. The summed E-state index contributed by atoms with van der Waals surface area (Å²) < 4.78 is 0. The highest BCUT2D eigenvalue weighted by Gasteiger charge is 2.04. The summed E-state index contributed by atoms with van der Waals surface area (Å²) >= 11 is 5.67. The van der Waals surface area contributed by atoms with E-state index in [0.717, 1.165) is 37.6 Å². The van der Waals surface area contributed by atoms with Crippen molar-refractivity contribution in [2.24, 2.45) is 0 Å². The summed E-state index contributed by atoms with van der Waals surface area (Å²) in [6.07, 6.45) is 3.58. The Balaban J connectivity index is 2.35. The number of alkyl halides is 1. The summed E-state index contributed by atoms with van der Waals surface area (Å²) in [5.74, 6) is 0.783. The van der Waals surface area contributed by atoms with E-state index < -0.39 is 0 Å². The number of pyridine rings is 1. The van der Waals surface area contributed by atoms with Gasteiger partial charge in [0.2, 0.25) is 0 Å². The van der Waals surface area contributed by atoms with E-state index in [1.54, 1.807) is 0 Å². The van der Waals surface area contributed by atoms with Gasteiger partial charge in [0.15, 0.2) is 0 Å². The molecule has 0 aliphatic rings. The van der Waals surface area contributed by atoms with E-state index in [2.05, 4.69) is 28.9 Å². The topological polar surface area (TPSA) is 16.1 Å². The van der Waals surface area contributed by atoms with Crippen LogP contribution in [0.15, 0.2) is 18.2 Å². The molecule has 0 saturated heterocycles. The normalized spacial score (nSPS) is 11.1. The van der Waals surface area contributed by atoms with Crippen LogP contribution in [-0.2, 0) is 6.54 Å². The molecule has 96 valence electrons. The maximum atomic E-state index is 5.67. The lowest BCUT2D eigenvalue weighted by atomic mass is 10.2. The predicted octanol–water partition coefficient (Wildman–Crippen LogP) is 3.62. The Hall–Kier alpha value is -0.600. The average molecular weight is 255 g/mol. The van der Waals surface area contributed by atoms with Crippen LogP contribution in [0.3, 0.4) is 0 Å². The maximum absolute atomic E-state index is 5.67. The molecule has 0 fully saturated rings. The van der Waals surface area contributed by atoms with Crippen molar-refractivity contribution in [3.05, 3.63) is 29.6 Å². The van der Waals surface area contributed by atoms with Crippen molar-refractivity contribution in [3.8, 4) is 0 Å². The van der Waals surface area contributed by atoms with Gasteiger partial charge in [-0.15, -0.1) is 11.6 Å². The first kappa shape index (κ1) is 14.5. The first-order valence-corrected chi connectivity index (χ1v) is 7.00. The Morgan fingerprint density at radius 1 is 1.24 bits per heavy atom. The highest BCUT2D eigenvalue weighted by molar-refractivity contribution is 6.17. The molecule has 1 aromatic rings. The molecule has 17 heavy (non-hydrogen) atoms. The third kappa shape index (κ3) is 6.04. The molecule has 3 heteroatoms. The molecule has 0 aliphatic carbocycles. The molecule has 0 spiro atoms.